The molecule has 0 radical (unpaired) electrons. The van der Waals surface area contributed by atoms with Crippen LogP contribution in [-0.4, -0.2) is 20.0 Å². The summed E-state index contributed by atoms with van der Waals surface area (Å²) >= 11 is 1.64. The summed E-state index contributed by atoms with van der Waals surface area (Å²) in [6.45, 7) is 0.641. The third-order valence-electron chi connectivity index (χ3n) is 3.99. The highest BCUT2D eigenvalue weighted by Crippen LogP contribution is 2.42. The monoisotopic (exact) mass is 336 g/mol. The molecule has 7 heteroatoms. The van der Waals surface area contributed by atoms with Crippen LogP contribution >= 0.6 is 11.3 Å². The third kappa shape index (κ3) is 3.01. The predicted molar refractivity (Wildman–Crippen MR) is 92.6 cm³/mol. The van der Waals surface area contributed by atoms with E-state index < -0.39 is 0 Å². The molecule has 0 amide bonds. The van der Waals surface area contributed by atoms with E-state index in [4.69, 9.17) is 5.26 Å². The van der Waals surface area contributed by atoms with Crippen LogP contribution in [0.1, 0.15) is 34.9 Å². The number of rotatable bonds is 5. The number of benzene rings is 1. The number of aryl methyl sites for hydroxylation is 1. The summed E-state index contributed by atoms with van der Waals surface area (Å²) in [5.41, 5.74) is 3.66. The second kappa shape index (κ2) is 6.06. The molecule has 1 aromatic carbocycles. The van der Waals surface area contributed by atoms with Gasteiger partial charge in [-0.25, -0.2) is 0 Å². The van der Waals surface area contributed by atoms with Gasteiger partial charge < -0.3 is 5.32 Å². The van der Waals surface area contributed by atoms with Gasteiger partial charge in [-0.2, -0.15) is 10.4 Å². The lowest BCUT2D eigenvalue weighted by molar-refractivity contribution is 0.770. The van der Waals surface area contributed by atoms with E-state index in [1.165, 1.54) is 12.8 Å². The zero-order chi connectivity index (χ0) is 16.5. The molecule has 0 spiro atoms. The molecule has 120 valence electrons. The number of nitriles is 1. The molecule has 1 N–H and O–H groups in total. The average molecular weight is 336 g/mol. The first-order chi connectivity index (χ1) is 11.7. The van der Waals surface area contributed by atoms with Crippen molar-refractivity contribution in [1.82, 2.24) is 20.0 Å². The lowest BCUT2D eigenvalue weighted by Gasteiger charge is -2.03. The summed E-state index contributed by atoms with van der Waals surface area (Å²) in [7, 11) is 1.91. The van der Waals surface area contributed by atoms with Crippen LogP contribution in [0.5, 0.6) is 0 Å². The minimum atomic E-state index is 0.630. The number of nitrogens with one attached hydrogen (secondary N) is 1. The van der Waals surface area contributed by atoms with Gasteiger partial charge in [0, 0.05) is 36.8 Å². The summed E-state index contributed by atoms with van der Waals surface area (Å²) in [4.78, 5) is 0. The summed E-state index contributed by atoms with van der Waals surface area (Å²) in [6, 6.07) is 9.63. The average Bonchev–Trinajstić information content (AvgIpc) is 3.23. The molecule has 24 heavy (non-hydrogen) atoms. The molecule has 1 aliphatic rings. The normalized spacial score (nSPS) is 13.7. The molecule has 0 unspecified atom stereocenters. The van der Waals surface area contributed by atoms with Gasteiger partial charge in [0.15, 0.2) is 0 Å². The Morgan fingerprint density at radius 3 is 2.79 bits per heavy atom. The van der Waals surface area contributed by atoms with Crippen molar-refractivity contribution in [1.29, 1.82) is 5.26 Å². The minimum Gasteiger partial charge on any atom is -0.356 e. The van der Waals surface area contributed by atoms with Crippen molar-refractivity contribution in [3.8, 4) is 17.3 Å². The van der Waals surface area contributed by atoms with Gasteiger partial charge in [-0.15, -0.1) is 10.2 Å². The van der Waals surface area contributed by atoms with E-state index in [0.29, 0.717) is 18.0 Å². The second-order valence-electron chi connectivity index (χ2n) is 5.94. The van der Waals surface area contributed by atoms with Crippen LogP contribution < -0.4 is 5.32 Å². The summed E-state index contributed by atoms with van der Waals surface area (Å²) < 4.78 is 1.81. The molecular weight excluding hydrogens is 320 g/mol. The highest BCUT2D eigenvalue weighted by Gasteiger charge is 2.27. The van der Waals surface area contributed by atoms with Crippen molar-refractivity contribution >= 4 is 16.5 Å². The standard InChI is InChI=1S/C17H16N6S/c1-23-10-14(9-19-17-21-20-16(24-17)13-6-7-13)15(22-23)12-4-2-11(8-18)3-5-12/h2-5,10,13H,6-7,9H2,1H3,(H,19,21). The van der Waals surface area contributed by atoms with E-state index in [0.717, 1.165) is 27.0 Å². The van der Waals surface area contributed by atoms with Crippen LogP contribution in [0.25, 0.3) is 11.3 Å². The molecule has 0 bridgehead atoms. The van der Waals surface area contributed by atoms with Gasteiger partial charge in [0.25, 0.3) is 0 Å². The highest BCUT2D eigenvalue weighted by molar-refractivity contribution is 7.15. The van der Waals surface area contributed by atoms with Crippen molar-refractivity contribution in [2.24, 2.45) is 7.05 Å². The van der Waals surface area contributed by atoms with Crippen LogP contribution in [0.2, 0.25) is 0 Å². The zero-order valence-corrected chi connectivity index (χ0v) is 14.0. The molecule has 6 nitrogen and oxygen atoms in total. The third-order valence-corrected chi connectivity index (χ3v) is 5.03. The van der Waals surface area contributed by atoms with Gasteiger partial charge in [-0.05, 0) is 25.0 Å². The van der Waals surface area contributed by atoms with Gasteiger partial charge in [-0.1, -0.05) is 23.5 Å². The maximum absolute atomic E-state index is 8.92. The summed E-state index contributed by atoms with van der Waals surface area (Å²) in [6.07, 6.45) is 4.48. The van der Waals surface area contributed by atoms with Gasteiger partial charge in [0.05, 0.1) is 17.3 Å². The maximum Gasteiger partial charge on any atom is 0.205 e. The van der Waals surface area contributed by atoms with Gasteiger partial charge in [0.2, 0.25) is 5.13 Å². The van der Waals surface area contributed by atoms with E-state index in [-0.39, 0.29) is 0 Å². The maximum atomic E-state index is 8.92. The topological polar surface area (TPSA) is 79.4 Å². The Labute approximate surface area is 143 Å². The first-order valence-electron chi connectivity index (χ1n) is 7.83. The number of hydrogen-bond acceptors (Lipinski definition) is 6. The Balaban J connectivity index is 1.53. The van der Waals surface area contributed by atoms with E-state index in [1.54, 1.807) is 16.0 Å². The SMILES string of the molecule is Cn1cc(CNc2nnc(C3CC3)s2)c(-c2ccc(C#N)cc2)n1. The molecule has 1 fully saturated rings. The fraction of sp³-hybridized carbons (Fsp3) is 0.294. The first-order valence-corrected chi connectivity index (χ1v) is 8.65. The van der Waals surface area contributed by atoms with Crippen LogP contribution in [0, 0.1) is 11.3 Å². The molecule has 0 atom stereocenters. The smallest absolute Gasteiger partial charge is 0.205 e. The molecule has 1 aliphatic carbocycles. The van der Waals surface area contributed by atoms with Crippen LogP contribution in [-0.2, 0) is 13.6 Å². The van der Waals surface area contributed by atoms with E-state index >= 15 is 0 Å². The number of anilines is 1. The molecule has 4 rings (SSSR count). The quantitative estimate of drug-likeness (QED) is 0.773. The molecule has 1 saturated carbocycles. The van der Waals surface area contributed by atoms with Crippen LogP contribution in [0.15, 0.2) is 30.5 Å². The predicted octanol–water partition coefficient (Wildman–Crippen LogP) is 3.30. The number of hydrogen-bond donors (Lipinski definition) is 1. The molecule has 3 aromatic rings. The molecular formula is C17H16N6S. The van der Waals surface area contributed by atoms with Crippen molar-refractivity contribution in [2.45, 2.75) is 25.3 Å². The van der Waals surface area contributed by atoms with E-state index in [2.05, 4.69) is 26.7 Å². The summed E-state index contributed by atoms with van der Waals surface area (Å²) in [5.74, 6) is 0.630. The lowest BCUT2D eigenvalue weighted by atomic mass is 10.1. The lowest BCUT2D eigenvalue weighted by Crippen LogP contribution is -1.99. The highest BCUT2D eigenvalue weighted by atomic mass is 32.1. The van der Waals surface area contributed by atoms with E-state index in [1.807, 2.05) is 37.5 Å². The fourth-order valence-electron chi connectivity index (χ4n) is 2.58. The minimum absolute atomic E-state index is 0.630. The Bertz CT molecular complexity index is 898. The van der Waals surface area contributed by atoms with Crippen LogP contribution in [0.3, 0.4) is 0 Å². The molecule has 2 aromatic heterocycles. The van der Waals surface area contributed by atoms with Crippen molar-refractivity contribution < 1.29 is 0 Å². The molecule has 0 aliphatic heterocycles. The first kappa shape index (κ1) is 14.8. The number of nitrogens with zero attached hydrogens (tertiary/aromatic N) is 5. The fourth-order valence-corrected chi connectivity index (χ4v) is 3.49. The Morgan fingerprint density at radius 1 is 1.29 bits per heavy atom. The van der Waals surface area contributed by atoms with Crippen LogP contribution in [0.4, 0.5) is 5.13 Å². The van der Waals surface area contributed by atoms with Crippen molar-refractivity contribution in [3.63, 3.8) is 0 Å². The van der Waals surface area contributed by atoms with Crippen molar-refractivity contribution in [2.75, 3.05) is 5.32 Å². The number of aromatic nitrogens is 4. The second-order valence-corrected chi connectivity index (χ2v) is 6.95. The summed E-state index contributed by atoms with van der Waals surface area (Å²) in [5, 5.41) is 27.3. The Kier molecular flexibility index (Phi) is 3.75. The largest absolute Gasteiger partial charge is 0.356 e. The Morgan fingerprint density at radius 2 is 2.08 bits per heavy atom. The van der Waals surface area contributed by atoms with E-state index in [9.17, 15) is 0 Å². The van der Waals surface area contributed by atoms with Gasteiger partial charge in [-0.3, -0.25) is 4.68 Å². The van der Waals surface area contributed by atoms with Gasteiger partial charge >= 0.3 is 0 Å². The molecule has 0 saturated heterocycles. The Hall–Kier alpha value is -2.72. The van der Waals surface area contributed by atoms with Crippen molar-refractivity contribution in [3.05, 3.63) is 46.6 Å². The molecule has 2 heterocycles. The van der Waals surface area contributed by atoms with Gasteiger partial charge in [0.1, 0.15) is 5.01 Å². The zero-order valence-electron chi connectivity index (χ0n) is 13.2.